The third kappa shape index (κ3) is 81.6. The van der Waals surface area contributed by atoms with Crippen molar-refractivity contribution in [1.29, 1.82) is 0 Å². The van der Waals surface area contributed by atoms with Crippen LogP contribution in [0.15, 0.2) is 30.5 Å². The second-order valence-electron chi connectivity index (χ2n) is 54.5. The molecule has 1 aromatic carbocycles. The third-order valence-corrected chi connectivity index (χ3v) is 19.0. The summed E-state index contributed by atoms with van der Waals surface area (Å²) >= 11 is 6.46. The largest absolute Gasteiger partial charge is 0.358 e. The maximum atomic E-state index is 12.1. The van der Waals surface area contributed by atoms with Gasteiger partial charge in [-0.2, -0.15) is 0 Å². The minimum atomic E-state index is -0.400. The summed E-state index contributed by atoms with van der Waals surface area (Å²) in [6.45, 7) is 115. The topological polar surface area (TPSA) is 263 Å². The summed E-state index contributed by atoms with van der Waals surface area (Å²) in [7, 11) is -0.400. The number of carbonyl (C=O) groups excluding carboxylic acids is 7. The molecule has 18 nitrogen and oxygen atoms in total. The predicted octanol–water partition coefficient (Wildman–Crippen LogP) is 27.2. The van der Waals surface area contributed by atoms with E-state index in [1.165, 1.54) is 37.0 Å². The summed E-state index contributed by atoms with van der Waals surface area (Å²) in [6, 6.07) is 3.57. The summed E-state index contributed by atoms with van der Waals surface area (Å²) in [6.07, 6.45) is 10.4. The molecule has 21 heteroatoms. The molecular weight excluding hydrogens is 1650 g/mol. The SMILES string of the molecule is C.C=S1N=C(C(C)(C)C)C(C(C)(C)C)=N1.CC(C)(C)CC(=O)c1ccc(C(=O)CC(C)(C)C)s1.CC(C)(C)CCCCC(=O)NC(C)(C)C.CC(C)(C)CCCCCC(=O)C(C)(C)C.CC(C)(C)CNC(=O)C(C)(C)C.CC(C)(C)CNCC(C)(C)C.CC(C)(C)NC(=O)CC(=O)NC(C)(C)C.CC(C)(C)NC(=S)NC(C)(C)C.CC(C)(C)c1c(C(C)(C)C)c(=O)c1=O. The highest BCUT2D eigenvalue weighted by atomic mass is 32.2. The van der Waals surface area contributed by atoms with Crippen LogP contribution >= 0.6 is 34.4 Å². The Morgan fingerprint density at radius 2 is 0.633 bits per heavy atom. The molecule has 0 unspecified atom stereocenters. The van der Waals surface area contributed by atoms with Crippen LogP contribution in [0.1, 0.15) is 489 Å². The molecule has 0 spiro atoms. The lowest BCUT2D eigenvalue weighted by atomic mass is 9.71. The molecule has 0 atom stereocenters. The van der Waals surface area contributed by atoms with Crippen molar-refractivity contribution in [1.82, 2.24) is 37.2 Å². The second kappa shape index (κ2) is 54.4. The van der Waals surface area contributed by atoms with Gasteiger partial charge in [0.05, 0.1) is 21.2 Å². The zero-order chi connectivity index (χ0) is 103. The van der Waals surface area contributed by atoms with Crippen LogP contribution in [0.2, 0.25) is 0 Å². The number of carbonyl (C=O) groups is 7. The second-order valence-corrected chi connectivity index (χ2v) is 57.1. The molecule has 0 saturated carbocycles. The van der Waals surface area contributed by atoms with E-state index in [2.05, 4.69) is 239 Å². The maximum absolute atomic E-state index is 12.1. The van der Waals surface area contributed by atoms with E-state index in [-0.39, 0.29) is 136 Å². The number of nitrogens with one attached hydrogen (secondary N) is 7. The molecule has 0 saturated heterocycles. The Bertz CT molecular complexity index is 3650. The minimum absolute atomic E-state index is 0. The fourth-order valence-corrected chi connectivity index (χ4v) is 13.7. The molecule has 2 heterocycles. The van der Waals surface area contributed by atoms with Crippen molar-refractivity contribution in [3.05, 3.63) is 53.5 Å². The molecule has 3 rings (SSSR count). The van der Waals surface area contributed by atoms with E-state index >= 15 is 0 Å². The Labute approximate surface area is 801 Å². The molecule has 0 aliphatic carbocycles. The molecular formula is C107H207N9O9S3. The Morgan fingerprint density at radius 1 is 0.352 bits per heavy atom. The standard InChI is InChI=1S/C16H24O2S.C14H28O.C13H27NO.C12H18O2.C11H22N2O2.C11H20N2S.C10H21NO.C10H23N.C9H20N2S.CH4/c1-15(2,3)9-11(17)13-7-8-14(19-13)12(18)10-16(4,5)6;1-13(2,3)11-9-7-8-10-12(15)14(4,5)6;1-12(2,3)10-8-7-9-11(15)14-13(4,5)6;1-11(2,3)7-8(12(4,5)6)10(14)9(7)13;1-10(2,3)12-8(14)7-9(15)13-11(4,5)6;1-10(2,3)8-9(11(4,5)6)13-14(7)12-8;1-9(2,3)7-11-8(12)10(4,5)6;1-9(2,3)7-11-8-10(4,5)6;1-8(2,3)10-7(12)11-9(4,5)6;/h7-8H,9-10H2,1-6H3;7-11H2,1-6H3;7-10H2,1-6H3,(H,14,15);1-6H3;7H2,1-6H3,(H,12,14)(H,13,15);7H2,1-6H3;7H2,1-6H3,(H,11,12);11H,7-8H2,1-6H3;1-6H3,(H2,10,11,12);1H4. The van der Waals surface area contributed by atoms with Crippen molar-refractivity contribution in [2.24, 2.45) is 68.4 Å². The van der Waals surface area contributed by atoms with Gasteiger partial charge in [0, 0.05) is 117 Å². The Kier molecular flexibility index (Phi) is 57.8. The number of unbranched alkanes of at least 4 members (excludes halogenated alkanes) is 3. The lowest BCUT2D eigenvalue weighted by Gasteiger charge is -2.30. The van der Waals surface area contributed by atoms with Gasteiger partial charge in [-0.3, -0.25) is 43.2 Å². The Hall–Kier alpha value is -5.12. The van der Waals surface area contributed by atoms with Crippen LogP contribution in [0.25, 0.3) is 0 Å². The molecule has 2 aromatic rings. The first-order valence-electron chi connectivity index (χ1n) is 46.6. The fraction of sp³-hybridized carbons (Fsp3) is 0.822. The molecule has 1 aliphatic heterocycles. The highest BCUT2D eigenvalue weighted by molar-refractivity contribution is 8.12. The van der Waals surface area contributed by atoms with Gasteiger partial charge in [-0.1, -0.05) is 297 Å². The molecule has 1 aliphatic rings. The molecule has 1 aromatic heterocycles. The molecule has 0 bridgehead atoms. The van der Waals surface area contributed by atoms with Gasteiger partial charge in [-0.25, -0.2) is 8.80 Å². The number of thiophene rings is 1. The van der Waals surface area contributed by atoms with E-state index in [0.717, 1.165) is 73.0 Å². The van der Waals surface area contributed by atoms with Crippen LogP contribution in [-0.2, 0) is 34.8 Å². The van der Waals surface area contributed by atoms with Gasteiger partial charge < -0.3 is 37.2 Å². The number of amides is 4. The lowest BCUT2D eigenvalue weighted by molar-refractivity contribution is -0.131. The van der Waals surface area contributed by atoms with E-state index in [1.54, 1.807) is 12.1 Å². The number of nitrogens with zero attached hydrogens (tertiary/aromatic N) is 2. The van der Waals surface area contributed by atoms with Crippen LogP contribution in [0, 0.1) is 59.6 Å². The monoisotopic (exact) mass is 1860 g/mol. The van der Waals surface area contributed by atoms with E-state index in [9.17, 15) is 43.2 Å². The lowest BCUT2D eigenvalue weighted by Crippen LogP contribution is -2.51. The minimum Gasteiger partial charge on any atom is -0.358 e. The van der Waals surface area contributed by atoms with Crippen molar-refractivity contribution < 1.29 is 33.6 Å². The highest BCUT2D eigenvalue weighted by Gasteiger charge is 2.37. The normalized spacial score (nSPS) is 13.5. The van der Waals surface area contributed by atoms with Crippen molar-refractivity contribution in [3.8, 4) is 0 Å². The number of Topliss-reactive ketones (excluding diaryl/α,β-unsaturated/α-hetero) is 3. The van der Waals surface area contributed by atoms with E-state index < -0.39 is 10.9 Å². The van der Waals surface area contributed by atoms with Gasteiger partial charge in [0.25, 0.3) is 0 Å². The zero-order valence-electron chi connectivity index (χ0n) is 92.8. The fourth-order valence-electron chi connectivity index (χ4n) is 11.0. The van der Waals surface area contributed by atoms with Gasteiger partial charge >= 0.3 is 0 Å². The summed E-state index contributed by atoms with van der Waals surface area (Å²) in [5, 5.41) is 21.9. The summed E-state index contributed by atoms with van der Waals surface area (Å²) in [4.78, 5) is 106. The van der Waals surface area contributed by atoms with Crippen LogP contribution in [0.5, 0.6) is 0 Å². The smallest absolute Gasteiger partial charge is 0.230 e. The highest BCUT2D eigenvalue weighted by Crippen LogP contribution is 2.37. The number of rotatable bonds is 18. The third-order valence-electron chi connectivity index (χ3n) is 16.8. The van der Waals surface area contributed by atoms with Gasteiger partial charge in [0.1, 0.15) is 12.2 Å². The van der Waals surface area contributed by atoms with Crippen molar-refractivity contribution in [3.63, 3.8) is 0 Å². The van der Waals surface area contributed by atoms with Crippen LogP contribution in [0.4, 0.5) is 0 Å². The number of hydrogen-bond acceptors (Lipinski definition) is 14. The zero-order valence-corrected chi connectivity index (χ0v) is 95.2. The Morgan fingerprint density at radius 3 is 0.875 bits per heavy atom. The van der Waals surface area contributed by atoms with Crippen LogP contribution < -0.4 is 48.1 Å². The first-order valence-corrected chi connectivity index (χ1v) is 49.2. The molecule has 128 heavy (non-hydrogen) atoms. The van der Waals surface area contributed by atoms with Crippen LogP contribution in [0.3, 0.4) is 0 Å². The summed E-state index contributed by atoms with van der Waals surface area (Å²) in [5.74, 6) is 4.39. The predicted molar refractivity (Wildman–Crippen MR) is 570 cm³/mol. The first kappa shape index (κ1) is 136. The number of thiocarbonyl (C=S) groups is 1. The number of ketones is 3. The average Bonchev–Trinajstić information content (AvgIpc) is 0.848. The molecule has 7 N–H and O–H groups in total. The maximum Gasteiger partial charge on any atom is 0.230 e. The average molecular weight is 1860 g/mol. The summed E-state index contributed by atoms with van der Waals surface area (Å²) < 4.78 is 9.07. The van der Waals surface area contributed by atoms with Crippen LogP contribution in [-0.4, -0.2) is 111 Å². The molecule has 0 fully saturated rings. The van der Waals surface area contributed by atoms with Gasteiger partial charge in [-0.15, -0.1) is 11.3 Å². The van der Waals surface area contributed by atoms with E-state index in [1.807, 2.05) is 187 Å². The quantitative estimate of drug-likeness (QED) is 0.0241. The van der Waals surface area contributed by atoms with Gasteiger partial charge in [0.2, 0.25) is 34.5 Å². The number of hydrogen-bond donors (Lipinski definition) is 7. The van der Waals surface area contributed by atoms with E-state index in [0.29, 0.717) is 56.5 Å². The van der Waals surface area contributed by atoms with Gasteiger partial charge in [-0.05, 0) is 208 Å². The summed E-state index contributed by atoms with van der Waals surface area (Å²) in [5.41, 5.74) is 3.58. The van der Waals surface area contributed by atoms with Crippen molar-refractivity contribution >= 4 is 97.8 Å². The van der Waals surface area contributed by atoms with Gasteiger partial charge in [0.15, 0.2) is 16.7 Å². The molecule has 4 amide bonds. The van der Waals surface area contributed by atoms with E-state index in [4.69, 9.17) is 12.2 Å². The Balaban J connectivity index is -0.000000258. The van der Waals surface area contributed by atoms with Crippen molar-refractivity contribution in [2.45, 2.75) is 497 Å². The molecule has 0 radical (unpaired) electrons. The first-order chi connectivity index (χ1) is 55.3. The molecule has 752 valence electrons. The van der Waals surface area contributed by atoms with Crippen molar-refractivity contribution in [2.75, 3.05) is 19.6 Å².